The molecule has 134 valence electrons. The quantitative estimate of drug-likeness (QED) is 0.596. The summed E-state index contributed by atoms with van der Waals surface area (Å²) >= 11 is 0. The maximum absolute atomic E-state index is 12.8. The van der Waals surface area contributed by atoms with Crippen LogP contribution in [0.3, 0.4) is 0 Å². The number of ketones is 1. The van der Waals surface area contributed by atoms with Crippen molar-refractivity contribution in [2.75, 3.05) is 6.61 Å². The molecule has 0 atom stereocenters. The Bertz CT molecular complexity index is 691. The number of hydrogen-bond acceptors (Lipinski definition) is 3. The second-order valence-electron chi connectivity index (χ2n) is 8.46. The van der Waals surface area contributed by atoms with Gasteiger partial charge in [-0.25, -0.2) is 0 Å². The number of Topliss-reactive ketones (excluding diaryl/α,β-unsaturated/α-hetero) is 1. The summed E-state index contributed by atoms with van der Waals surface area (Å²) in [6.45, 7) is 2.05. The number of carbonyl (C=O) groups excluding carboxylic acids is 2. The van der Waals surface area contributed by atoms with Crippen molar-refractivity contribution in [1.82, 2.24) is 0 Å². The Kier molecular flexibility index (Phi) is 4.43. The second kappa shape index (κ2) is 6.59. The molecule has 0 heterocycles. The fraction of sp³-hybridized carbons (Fsp3) is 0.636. The number of aryl methyl sites for hydroxylation is 1. The predicted octanol–water partition coefficient (Wildman–Crippen LogP) is 4.57. The van der Waals surface area contributed by atoms with Crippen molar-refractivity contribution in [3.05, 3.63) is 34.4 Å². The van der Waals surface area contributed by atoms with E-state index in [1.807, 2.05) is 6.07 Å². The number of benzene rings is 1. The van der Waals surface area contributed by atoms with Crippen LogP contribution in [0.2, 0.25) is 0 Å². The largest absolute Gasteiger partial charge is 0.457 e. The first-order chi connectivity index (χ1) is 12.1. The molecule has 25 heavy (non-hydrogen) atoms. The zero-order valence-corrected chi connectivity index (χ0v) is 15.2. The molecular formula is C22H28O3. The highest BCUT2D eigenvalue weighted by molar-refractivity contribution is 6.00. The van der Waals surface area contributed by atoms with E-state index in [-0.39, 0.29) is 24.3 Å². The first-order valence-electron chi connectivity index (χ1n) is 9.89. The van der Waals surface area contributed by atoms with Gasteiger partial charge in [0.25, 0.3) is 0 Å². The molecule has 1 aromatic carbocycles. The van der Waals surface area contributed by atoms with E-state index in [1.54, 1.807) is 0 Å². The highest BCUT2D eigenvalue weighted by Gasteiger charge is 2.41. The van der Waals surface area contributed by atoms with Crippen LogP contribution in [0.4, 0.5) is 0 Å². The van der Waals surface area contributed by atoms with Gasteiger partial charge >= 0.3 is 5.97 Å². The Balaban J connectivity index is 1.49. The molecule has 0 N–H and O–H groups in total. The van der Waals surface area contributed by atoms with Crippen LogP contribution in [-0.4, -0.2) is 18.4 Å². The Morgan fingerprint density at radius 2 is 1.72 bits per heavy atom. The van der Waals surface area contributed by atoms with E-state index in [0.717, 1.165) is 44.1 Å². The maximum atomic E-state index is 12.8. The molecule has 1 spiro atoms. The summed E-state index contributed by atoms with van der Waals surface area (Å²) < 4.78 is 5.36. The van der Waals surface area contributed by atoms with E-state index in [4.69, 9.17) is 4.74 Å². The van der Waals surface area contributed by atoms with Gasteiger partial charge in [0, 0.05) is 5.56 Å². The summed E-state index contributed by atoms with van der Waals surface area (Å²) in [5, 5.41) is 0. The third-order valence-corrected chi connectivity index (χ3v) is 6.77. The van der Waals surface area contributed by atoms with E-state index in [1.165, 1.54) is 42.4 Å². The SMILES string of the molecule is Cc1ccc(C(=O)COC(=O)C2CCCC2)c2c1CC1(CCCC1)C2. The summed E-state index contributed by atoms with van der Waals surface area (Å²) in [6, 6.07) is 4.02. The molecule has 0 saturated heterocycles. The lowest BCUT2D eigenvalue weighted by atomic mass is 9.83. The Labute approximate surface area is 150 Å². The highest BCUT2D eigenvalue weighted by atomic mass is 16.5. The van der Waals surface area contributed by atoms with Gasteiger partial charge in [-0.3, -0.25) is 9.59 Å². The van der Waals surface area contributed by atoms with Crippen LogP contribution in [0.5, 0.6) is 0 Å². The zero-order chi connectivity index (χ0) is 17.4. The van der Waals surface area contributed by atoms with Crippen molar-refractivity contribution < 1.29 is 14.3 Å². The van der Waals surface area contributed by atoms with Gasteiger partial charge in [0.2, 0.25) is 5.78 Å². The number of rotatable bonds is 4. The molecule has 3 nitrogen and oxygen atoms in total. The smallest absolute Gasteiger partial charge is 0.309 e. The maximum Gasteiger partial charge on any atom is 0.309 e. The van der Waals surface area contributed by atoms with E-state index in [2.05, 4.69) is 13.0 Å². The predicted molar refractivity (Wildman–Crippen MR) is 96.7 cm³/mol. The van der Waals surface area contributed by atoms with Crippen LogP contribution < -0.4 is 0 Å². The van der Waals surface area contributed by atoms with Crippen molar-refractivity contribution in [3.8, 4) is 0 Å². The van der Waals surface area contributed by atoms with Gasteiger partial charge in [0.1, 0.15) is 0 Å². The fourth-order valence-electron chi connectivity index (χ4n) is 5.30. The first-order valence-corrected chi connectivity index (χ1v) is 9.89. The summed E-state index contributed by atoms with van der Waals surface area (Å²) in [4.78, 5) is 24.9. The highest BCUT2D eigenvalue weighted by Crippen LogP contribution is 2.50. The third-order valence-electron chi connectivity index (χ3n) is 6.77. The van der Waals surface area contributed by atoms with Crippen LogP contribution in [0, 0.1) is 18.3 Å². The van der Waals surface area contributed by atoms with E-state index in [9.17, 15) is 9.59 Å². The standard InChI is InChI=1S/C22H28O3/c1-15-8-9-17(19-13-22(12-18(15)19)10-4-5-11-22)20(23)14-25-21(24)16-6-2-3-7-16/h8-9,16H,2-7,10-14H2,1H3. The minimum absolute atomic E-state index is 0.0123. The minimum Gasteiger partial charge on any atom is -0.457 e. The van der Waals surface area contributed by atoms with Gasteiger partial charge in [-0.05, 0) is 67.6 Å². The van der Waals surface area contributed by atoms with Crippen molar-refractivity contribution in [2.45, 2.75) is 71.1 Å². The van der Waals surface area contributed by atoms with Crippen LogP contribution in [-0.2, 0) is 22.4 Å². The molecule has 4 rings (SSSR count). The molecule has 3 heteroatoms. The van der Waals surface area contributed by atoms with Gasteiger partial charge in [-0.15, -0.1) is 0 Å². The molecule has 0 aromatic heterocycles. The average Bonchev–Trinajstić information content (AvgIpc) is 3.34. The minimum atomic E-state index is -0.179. The van der Waals surface area contributed by atoms with E-state index in [0.29, 0.717) is 5.41 Å². The Hall–Kier alpha value is -1.64. The van der Waals surface area contributed by atoms with Gasteiger partial charge < -0.3 is 4.74 Å². The monoisotopic (exact) mass is 340 g/mol. The van der Waals surface area contributed by atoms with Gasteiger partial charge in [0.15, 0.2) is 6.61 Å². The fourth-order valence-corrected chi connectivity index (χ4v) is 5.30. The average molecular weight is 340 g/mol. The number of carbonyl (C=O) groups is 2. The van der Waals surface area contributed by atoms with Crippen LogP contribution in [0.1, 0.15) is 78.4 Å². The molecule has 3 aliphatic rings. The molecule has 1 aromatic rings. The summed E-state index contributed by atoms with van der Waals surface area (Å²) in [5.41, 5.74) is 5.12. The molecule has 2 fully saturated rings. The van der Waals surface area contributed by atoms with Crippen molar-refractivity contribution >= 4 is 11.8 Å². The molecule has 0 radical (unpaired) electrons. The summed E-state index contributed by atoms with van der Waals surface area (Å²) in [5.74, 6) is -0.196. The molecule has 2 saturated carbocycles. The molecule has 0 bridgehead atoms. The number of ether oxygens (including phenoxy) is 1. The third kappa shape index (κ3) is 3.14. The zero-order valence-electron chi connectivity index (χ0n) is 15.2. The lowest BCUT2D eigenvalue weighted by Crippen LogP contribution is -2.20. The second-order valence-corrected chi connectivity index (χ2v) is 8.46. The molecule has 0 aliphatic heterocycles. The van der Waals surface area contributed by atoms with Crippen molar-refractivity contribution in [2.24, 2.45) is 11.3 Å². The summed E-state index contributed by atoms with van der Waals surface area (Å²) in [6.07, 6.45) is 11.4. The number of esters is 1. The number of fused-ring (bicyclic) bond motifs is 1. The van der Waals surface area contributed by atoms with Crippen molar-refractivity contribution in [3.63, 3.8) is 0 Å². The van der Waals surface area contributed by atoms with Gasteiger partial charge in [-0.2, -0.15) is 0 Å². The molecule has 0 amide bonds. The Morgan fingerprint density at radius 1 is 1.04 bits per heavy atom. The van der Waals surface area contributed by atoms with Gasteiger partial charge in [-0.1, -0.05) is 37.8 Å². The van der Waals surface area contributed by atoms with Crippen LogP contribution in [0.15, 0.2) is 12.1 Å². The molecule has 3 aliphatic carbocycles. The topological polar surface area (TPSA) is 43.4 Å². The normalized spacial score (nSPS) is 21.6. The van der Waals surface area contributed by atoms with Crippen molar-refractivity contribution in [1.29, 1.82) is 0 Å². The Morgan fingerprint density at radius 3 is 2.44 bits per heavy atom. The van der Waals surface area contributed by atoms with E-state index < -0.39 is 0 Å². The van der Waals surface area contributed by atoms with E-state index >= 15 is 0 Å². The first kappa shape index (κ1) is 16.8. The van der Waals surface area contributed by atoms with Gasteiger partial charge in [0.05, 0.1) is 5.92 Å². The summed E-state index contributed by atoms with van der Waals surface area (Å²) in [7, 11) is 0. The lowest BCUT2D eigenvalue weighted by Gasteiger charge is -2.21. The van der Waals surface area contributed by atoms with Crippen LogP contribution >= 0.6 is 0 Å². The number of hydrogen-bond donors (Lipinski definition) is 0. The molecule has 0 unspecified atom stereocenters. The lowest BCUT2D eigenvalue weighted by molar-refractivity contribution is -0.147. The van der Waals surface area contributed by atoms with Crippen LogP contribution in [0.25, 0.3) is 0 Å². The molecular weight excluding hydrogens is 312 g/mol.